The lowest BCUT2D eigenvalue weighted by Crippen LogP contribution is -2.43. The average molecular weight is 376 g/mol. The van der Waals surface area contributed by atoms with Crippen LogP contribution in [0.3, 0.4) is 0 Å². The third-order valence-electron chi connectivity index (χ3n) is 4.06. The Balaban J connectivity index is 2.67. The first-order valence-corrected chi connectivity index (χ1v) is 11.6. The van der Waals surface area contributed by atoms with E-state index < -0.39 is 8.07 Å². The summed E-state index contributed by atoms with van der Waals surface area (Å²) in [5.74, 6) is 4.42. The van der Waals surface area contributed by atoms with E-state index in [4.69, 9.17) is 0 Å². The summed E-state index contributed by atoms with van der Waals surface area (Å²) in [6, 6.07) is 0. The maximum absolute atomic E-state index is 11.9. The van der Waals surface area contributed by atoms with Crippen molar-refractivity contribution < 1.29 is 4.79 Å². The standard InChI is InChI=1S/C15H25IOSi/c1-12-8-9-13(17)14(16)15(12,2)10-6-7-11-18(3,4)5/h12,14H,6,8-10H2,1-5H3/t12-,14?,15+/m0/s1. The summed E-state index contributed by atoms with van der Waals surface area (Å²) in [6.45, 7) is 11.4. The number of hydrogen-bond acceptors (Lipinski definition) is 1. The molecule has 1 rings (SSSR count). The molecule has 0 bridgehead atoms. The van der Waals surface area contributed by atoms with E-state index in [1.807, 2.05) is 0 Å². The molecule has 18 heavy (non-hydrogen) atoms. The minimum Gasteiger partial charge on any atom is -0.299 e. The van der Waals surface area contributed by atoms with Crippen LogP contribution in [0.25, 0.3) is 0 Å². The van der Waals surface area contributed by atoms with Gasteiger partial charge in [-0.05, 0) is 24.2 Å². The van der Waals surface area contributed by atoms with Crippen molar-refractivity contribution in [1.29, 1.82) is 0 Å². The van der Waals surface area contributed by atoms with Gasteiger partial charge in [-0.2, -0.15) is 0 Å². The molecule has 0 aliphatic heterocycles. The van der Waals surface area contributed by atoms with Crippen molar-refractivity contribution in [3.63, 3.8) is 0 Å². The Bertz CT molecular complexity index is 374. The van der Waals surface area contributed by atoms with Crippen molar-refractivity contribution in [3.8, 4) is 11.5 Å². The molecule has 1 aliphatic carbocycles. The lowest BCUT2D eigenvalue weighted by atomic mass is 9.65. The lowest BCUT2D eigenvalue weighted by molar-refractivity contribution is -0.123. The third-order valence-corrected chi connectivity index (χ3v) is 7.11. The maximum atomic E-state index is 11.9. The molecule has 0 saturated heterocycles. The molecule has 102 valence electrons. The van der Waals surface area contributed by atoms with Gasteiger partial charge >= 0.3 is 0 Å². The summed E-state index contributed by atoms with van der Waals surface area (Å²) in [5, 5.41) is 0. The van der Waals surface area contributed by atoms with E-state index in [1.165, 1.54) is 0 Å². The van der Waals surface area contributed by atoms with E-state index in [2.05, 4.69) is 67.5 Å². The molecule has 1 unspecified atom stereocenters. The molecule has 1 nitrogen and oxygen atoms in total. The van der Waals surface area contributed by atoms with E-state index in [1.54, 1.807) is 0 Å². The predicted molar refractivity (Wildman–Crippen MR) is 89.7 cm³/mol. The van der Waals surface area contributed by atoms with Crippen LogP contribution in [0.4, 0.5) is 0 Å². The number of carbonyl (C=O) groups is 1. The molecule has 0 aromatic carbocycles. The van der Waals surface area contributed by atoms with Crippen molar-refractivity contribution >= 4 is 36.4 Å². The minimum absolute atomic E-state index is 0.143. The average Bonchev–Trinajstić information content (AvgIpc) is 2.26. The van der Waals surface area contributed by atoms with E-state index in [0.717, 1.165) is 25.7 Å². The van der Waals surface area contributed by atoms with Gasteiger partial charge in [0.1, 0.15) is 13.9 Å². The number of hydrogen-bond donors (Lipinski definition) is 0. The first-order valence-electron chi connectivity index (χ1n) is 6.83. The van der Waals surface area contributed by atoms with Gasteiger partial charge in [0.05, 0.1) is 3.92 Å². The Morgan fingerprint density at radius 2 is 2.06 bits per heavy atom. The summed E-state index contributed by atoms with van der Waals surface area (Å²) in [4.78, 5) is 11.9. The third kappa shape index (κ3) is 4.09. The smallest absolute Gasteiger partial charge is 0.146 e. The number of Topliss-reactive ketones (excluding diaryl/α,β-unsaturated/α-hetero) is 1. The highest BCUT2D eigenvalue weighted by molar-refractivity contribution is 14.1. The van der Waals surface area contributed by atoms with Crippen LogP contribution in [0.1, 0.15) is 39.5 Å². The van der Waals surface area contributed by atoms with Crippen molar-refractivity contribution in [2.75, 3.05) is 0 Å². The summed E-state index contributed by atoms with van der Waals surface area (Å²) >= 11 is 2.36. The number of ketones is 1. The minimum atomic E-state index is -1.25. The summed E-state index contributed by atoms with van der Waals surface area (Å²) in [7, 11) is -1.25. The fraction of sp³-hybridized carbons (Fsp3) is 0.800. The van der Waals surface area contributed by atoms with Gasteiger partial charge in [0.15, 0.2) is 0 Å². The molecule has 3 heteroatoms. The number of alkyl halides is 1. The monoisotopic (exact) mass is 376 g/mol. The van der Waals surface area contributed by atoms with E-state index in [0.29, 0.717) is 11.7 Å². The summed E-state index contributed by atoms with van der Waals surface area (Å²) in [6.07, 6.45) is 3.82. The molecule has 0 N–H and O–H groups in total. The predicted octanol–water partition coefficient (Wildman–Crippen LogP) is 4.46. The van der Waals surface area contributed by atoms with Gasteiger partial charge in [-0.3, -0.25) is 4.79 Å². The van der Waals surface area contributed by atoms with Gasteiger partial charge in [-0.1, -0.05) is 56.1 Å². The highest BCUT2D eigenvalue weighted by Gasteiger charge is 2.44. The van der Waals surface area contributed by atoms with Gasteiger partial charge in [-0.25, -0.2) is 0 Å². The quantitative estimate of drug-likeness (QED) is 0.301. The molecule has 1 saturated carbocycles. The first-order chi connectivity index (χ1) is 8.17. The molecule has 0 radical (unpaired) electrons. The second-order valence-corrected chi connectivity index (χ2v) is 12.8. The molecule has 0 amide bonds. The molecular formula is C15H25IOSi. The van der Waals surface area contributed by atoms with Crippen LogP contribution in [-0.2, 0) is 4.79 Å². The Hall–Kier alpha value is 0.177. The number of carbonyl (C=O) groups excluding carboxylic acids is 1. The molecule has 0 heterocycles. The Kier molecular flexibility index (Phi) is 5.49. The van der Waals surface area contributed by atoms with Gasteiger partial charge in [0.25, 0.3) is 0 Å². The number of halogens is 1. The Morgan fingerprint density at radius 3 is 2.61 bits per heavy atom. The molecule has 0 aromatic heterocycles. The van der Waals surface area contributed by atoms with E-state index in [9.17, 15) is 4.79 Å². The van der Waals surface area contributed by atoms with Crippen molar-refractivity contribution in [2.24, 2.45) is 11.3 Å². The Morgan fingerprint density at radius 1 is 1.44 bits per heavy atom. The van der Waals surface area contributed by atoms with Crippen LogP contribution < -0.4 is 0 Å². The Labute approximate surface area is 127 Å². The summed E-state index contributed by atoms with van der Waals surface area (Å²) in [5.41, 5.74) is 3.56. The molecular weight excluding hydrogens is 351 g/mol. The fourth-order valence-corrected chi connectivity index (χ4v) is 4.36. The zero-order valence-electron chi connectivity index (χ0n) is 12.3. The molecule has 1 fully saturated rings. The molecule has 3 atom stereocenters. The highest BCUT2D eigenvalue weighted by atomic mass is 127. The maximum Gasteiger partial charge on any atom is 0.146 e. The molecule has 1 aliphatic rings. The van der Waals surface area contributed by atoms with Gasteiger partial charge in [-0.15, -0.1) is 11.5 Å². The van der Waals surface area contributed by atoms with Gasteiger partial charge in [0.2, 0.25) is 0 Å². The highest BCUT2D eigenvalue weighted by Crippen LogP contribution is 2.46. The SMILES string of the molecule is C[C@H]1CCC(=O)C(I)[C@]1(C)CCC#C[Si](C)(C)C. The van der Waals surface area contributed by atoms with Crippen molar-refractivity contribution in [1.82, 2.24) is 0 Å². The topological polar surface area (TPSA) is 17.1 Å². The van der Waals surface area contributed by atoms with Crippen LogP contribution in [-0.4, -0.2) is 17.8 Å². The van der Waals surface area contributed by atoms with Crippen LogP contribution in [0, 0.1) is 22.8 Å². The van der Waals surface area contributed by atoms with Crippen LogP contribution in [0.2, 0.25) is 19.6 Å². The van der Waals surface area contributed by atoms with Crippen molar-refractivity contribution in [3.05, 3.63) is 0 Å². The van der Waals surface area contributed by atoms with E-state index >= 15 is 0 Å². The molecule has 0 aromatic rings. The zero-order chi connectivity index (χ0) is 14.0. The second kappa shape index (κ2) is 6.09. The van der Waals surface area contributed by atoms with Crippen molar-refractivity contribution in [2.45, 2.75) is 63.1 Å². The number of rotatable bonds is 2. The van der Waals surface area contributed by atoms with Crippen LogP contribution >= 0.6 is 22.6 Å². The lowest BCUT2D eigenvalue weighted by Gasteiger charge is -2.42. The van der Waals surface area contributed by atoms with Gasteiger partial charge in [0, 0.05) is 12.8 Å². The van der Waals surface area contributed by atoms with E-state index in [-0.39, 0.29) is 9.34 Å². The second-order valence-electron chi connectivity index (χ2n) is 6.83. The fourth-order valence-electron chi connectivity index (χ4n) is 2.47. The molecule has 0 spiro atoms. The largest absolute Gasteiger partial charge is 0.299 e. The zero-order valence-corrected chi connectivity index (χ0v) is 15.4. The summed E-state index contributed by atoms with van der Waals surface area (Å²) < 4.78 is 0.174. The normalized spacial score (nSPS) is 32.9. The van der Waals surface area contributed by atoms with Gasteiger partial charge < -0.3 is 0 Å². The van der Waals surface area contributed by atoms with Crippen LogP contribution in [0.5, 0.6) is 0 Å². The van der Waals surface area contributed by atoms with Crippen LogP contribution in [0.15, 0.2) is 0 Å². The first kappa shape index (κ1) is 16.2.